The van der Waals surface area contributed by atoms with Crippen LogP contribution in [0.2, 0.25) is 0 Å². The van der Waals surface area contributed by atoms with E-state index < -0.39 is 20.0 Å². The van der Waals surface area contributed by atoms with Gasteiger partial charge in [-0.2, -0.15) is 0 Å². The Morgan fingerprint density at radius 3 is 1.71 bits per heavy atom. The molecule has 0 amide bonds. The zero-order valence-corrected chi connectivity index (χ0v) is 16.1. The third kappa shape index (κ3) is 16.9. The number of rotatable bonds is 17. The Kier molecular flexibility index (Phi) is 15.3. The van der Waals surface area contributed by atoms with Crippen molar-refractivity contribution in [2.24, 2.45) is 5.73 Å². The highest BCUT2D eigenvalue weighted by Crippen LogP contribution is 2.35. The second-order valence-corrected chi connectivity index (χ2v) is 7.93. The van der Waals surface area contributed by atoms with Crippen LogP contribution in [-0.2, 0) is 9.09 Å². The minimum atomic E-state index is -4.51. The summed E-state index contributed by atoms with van der Waals surface area (Å²) in [6, 6.07) is -0.759. The van der Waals surface area contributed by atoms with E-state index in [1.165, 1.54) is 57.8 Å². The molecule has 0 spiro atoms. The lowest BCUT2D eigenvalue weighted by Crippen LogP contribution is -2.38. The summed E-state index contributed by atoms with van der Waals surface area (Å²) in [5.41, 5.74) is 5.65. The van der Waals surface area contributed by atoms with Crippen molar-refractivity contribution in [3.05, 3.63) is 0 Å². The van der Waals surface area contributed by atoms with E-state index in [2.05, 4.69) is 11.4 Å². The molecular weight excluding hydrogens is 329 g/mol. The van der Waals surface area contributed by atoms with E-state index in [1.807, 2.05) is 0 Å². The monoisotopic (exact) mass is 367 g/mol. The summed E-state index contributed by atoms with van der Waals surface area (Å²) >= 11 is 0. The number of aliphatic hydroxyl groups excluding tert-OH is 1. The molecule has 5 N–H and O–H groups in total. The smallest absolute Gasteiger partial charge is 0.391 e. The number of aliphatic hydroxyl groups is 1. The van der Waals surface area contributed by atoms with Crippen molar-refractivity contribution < 1.29 is 24.0 Å². The van der Waals surface area contributed by atoms with Gasteiger partial charge in [-0.1, -0.05) is 84.0 Å². The Bertz CT molecular complexity index is 324. The molecule has 0 saturated heterocycles. The number of nitrogens with two attached hydrogens (primary N) is 1. The standard InChI is InChI=1S/C17H38NO5P/c1-2-3-4-5-6-7-8-9-10-11-12-13-14-17(19)16(18)15-23-24(20,21)22/h16-17,19H,2-15,18H2,1H3,(H2,20,21,22)/t16-,17+/m0/s1. The van der Waals surface area contributed by atoms with Gasteiger partial charge in [-0.3, -0.25) is 4.52 Å². The van der Waals surface area contributed by atoms with E-state index in [9.17, 15) is 9.67 Å². The van der Waals surface area contributed by atoms with E-state index in [4.69, 9.17) is 15.5 Å². The van der Waals surface area contributed by atoms with Crippen LogP contribution in [0.25, 0.3) is 0 Å². The van der Waals surface area contributed by atoms with Crippen LogP contribution in [0, 0.1) is 0 Å². The molecule has 0 aliphatic heterocycles. The zero-order valence-electron chi connectivity index (χ0n) is 15.2. The predicted molar refractivity (Wildman–Crippen MR) is 97.7 cm³/mol. The Morgan fingerprint density at radius 1 is 0.875 bits per heavy atom. The molecule has 0 aromatic heterocycles. The third-order valence-corrected chi connectivity index (χ3v) is 4.77. The molecule has 0 saturated carbocycles. The van der Waals surface area contributed by atoms with Crippen LogP contribution in [0.15, 0.2) is 0 Å². The van der Waals surface area contributed by atoms with Crippen LogP contribution >= 0.6 is 7.82 Å². The van der Waals surface area contributed by atoms with Crippen molar-refractivity contribution >= 4 is 7.82 Å². The Labute approximate surface area is 147 Å². The first kappa shape index (κ1) is 24.0. The summed E-state index contributed by atoms with van der Waals surface area (Å²) in [7, 11) is -4.51. The first-order chi connectivity index (χ1) is 11.4. The van der Waals surface area contributed by atoms with Gasteiger partial charge in [0, 0.05) is 0 Å². The van der Waals surface area contributed by atoms with Gasteiger partial charge in [-0.25, -0.2) is 4.57 Å². The first-order valence-corrected chi connectivity index (χ1v) is 11.0. The van der Waals surface area contributed by atoms with E-state index in [0.717, 1.165) is 19.3 Å². The van der Waals surface area contributed by atoms with E-state index >= 15 is 0 Å². The van der Waals surface area contributed by atoms with Crippen LogP contribution < -0.4 is 5.73 Å². The zero-order chi connectivity index (χ0) is 18.3. The molecule has 6 nitrogen and oxygen atoms in total. The predicted octanol–water partition coefficient (Wildman–Crippen LogP) is 3.88. The third-order valence-electron chi connectivity index (χ3n) is 4.28. The molecule has 0 heterocycles. The van der Waals surface area contributed by atoms with Crippen molar-refractivity contribution in [3.8, 4) is 0 Å². The maximum Gasteiger partial charge on any atom is 0.469 e. The summed E-state index contributed by atoms with van der Waals surface area (Å²) in [6.07, 6.45) is 14.8. The molecule has 0 fully saturated rings. The van der Waals surface area contributed by atoms with Crippen molar-refractivity contribution in [1.29, 1.82) is 0 Å². The first-order valence-electron chi connectivity index (χ1n) is 9.50. The largest absolute Gasteiger partial charge is 0.469 e. The molecule has 0 aliphatic rings. The van der Waals surface area contributed by atoms with Gasteiger partial charge in [-0.05, 0) is 6.42 Å². The highest BCUT2D eigenvalue weighted by Gasteiger charge is 2.20. The molecule has 7 heteroatoms. The van der Waals surface area contributed by atoms with Crippen LogP contribution in [0.3, 0.4) is 0 Å². The van der Waals surface area contributed by atoms with Gasteiger partial charge in [0.25, 0.3) is 0 Å². The lowest BCUT2D eigenvalue weighted by atomic mass is 10.0. The summed E-state index contributed by atoms with van der Waals surface area (Å²) in [5.74, 6) is 0. The molecule has 146 valence electrons. The number of hydrogen-bond acceptors (Lipinski definition) is 4. The fraction of sp³-hybridized carbons (Fsp3) is 1.00. The molecule has 24 heavy (non-hydrogen) atoms. The van der Waals surface area contributed by atoms with Crippen molar-refractivity contribution in [3.63, 3.8) is 0 Å². The average Bonchev–Trinajstić information content (AvgIpc) is 2.52. The van der Waals surface area contributed by atoms with E-state index in [-0.39, 0.29) is 6.61 Å². The Morgan fingerprint density at radius 2 is 1.29 bits per heavy atom. The lowest BCUT2D eigenvalue weighted by molar-refractivity contribution is 0.0931. The molecule has 0 unspecified atom stereocenters. The normalized spacial score (nSPS) is 14.7. The van der Waals surface area contributed by atoms with Gasteiger partial charge in [0.15, 0.2) is 0 Å². The number of hydrogen-bond donors (Lipinski definition) is 4. The van der Waals surface area contributed by atoms with Gasteiger partial charge in [0.05, 0.1) is 18.8 Å². The van der Waals surface area contributed by atoms with E-state index in [1.54, 1.807) is 0 Å². The average molecular weight is 367 g/mol. The van der Waals surface area contributed by atoms with Gasteiger partial charge in [-0.15, -0.1) is 0 Å². The Hall–Kier alpha value is 0.0300. The van der Waals surface area contributed by atoms with Gasteiger partial charge < -0.3 is 20.6 Å². The van der Waals surface area contributed by atoms with Crippen molar-refractivity contribution in [2.45, 2.75) is 103 Å². The number of phosphoric ester groups is 1. The molecule has 0 bridgehead atoms. The fourth-order valence-electron chi connectivity index (χ4n) is 2.70. The minimum absolute atomic E-state index is 0.330. The van der Waals surface area contributed by atoms with E-state index in [0.29, 0.717) is 6.42 Å². The number of phosphoric acid groups is 1. The number of unbranched alkanes of at least 4 members (excludes halogenated alkanes) is 11. The quantitative estimate of drug-likeness (QED) is 0.229. The van der Waals surface area contributed by atoms with Crippen molar-refractivity contribution in [1.82, 2.24) is 0 Å². The van der Waals surface area contributed by atoms with Crippen LogP contribution in [-0.4, -0.2) is 33.6 Å². The van der Waals surface area contributed by atoms with Gasteiger partial charge >= 0.3 is 7.82 Å². The summed E-state index contributed by atoms with van der Waals surface area (Å²) < 4.78 is 14.9. The summed E-state index contributed by atoms with van der Waals surface area (Å²) in [4.78, 5) is 17.2. The maximum absolute atomic E-state index is 10.6. The minimum Gasteiger partial charge on any atom is -0.391 e. The van der Waals surface area contributed by atoms with Crippen molar-refractivity contribution in [2.75, 3.05) is 6.61 Å². The molecule has 2 atom stereocenters. The molecule has 0 radical (unpaired) electrons. The molecular formula is C17H38NO5P. The molecule has 0 aliphatic carbocycles. The molecule has 0 aromatic rings. The highest BCUT2D eigenvalue weighted by atomic mass is 31.2. The second-order valence-electron chi connectivity index (χ2n) is 6.70. The molecule has 0 aromatic carbocycles. The fourth-order valence-corrected chi connectivity index (χ4v) is 3.07. The summed E-state index contributed by atoms with van der Waals surface area (Å²) in [6.45, 7) is 1.91. The lowest BCUT2D eigenvalue weighted by Gasteiger charge is -2.18. The van der Waals surface area contributed by atoms with Crippen LogP contribution in [0.4, 0.5) is 0 Å². The SMILES string of the molecule is CCCCCCCCCCCCCC[C@@H](O)[C@@H](N)COP(=O)(O)O. The van der Waals surface area contributed by atoms with Gasteiger partial charge in [0.2, 0.25) is 0 Å². The highest BCUT2D eigenvalue weighted by molar-refractivity contribution is 7.46. The maximum atomic E-state index is 10.6. The topological polar surface area (TPSA) is 113 Å². The summed E-state index contributed by atoms with van der Waals surface area (Å²) in [5, 5.41) is 9.82. The second kappa shape index (κ2) is 15.3. The van der Waals surface area contributed by atoms with Gasteiger partial charge in [0.1, 0.15) is 0 Å². The Balaban J connectivity index is 3.35. The van der Waals surface area contributed by atoms with Crippen LogP contribution in [0.5, 0.6) is 0 Å². The molecule has 0 rings (SSSR count). The van der Waals surface area contributed by atoms with Crippen LogP contribution in [0.1, 0.15) is 90.4 Å².